The van der Waals surface area contributed by atoms with Crippen LogP contribution in [-0.4, -0.2) is 29.1 Å². The highest BCUT2D eigenvalue weighted by Gasteiger charge is 2.42. The molecule has 2 aliphatic rings. The average Bonchev–Trinajstić information content (AvgIpc) is 2.72. The van der Waals surface area contributed by atoms with Gasteiger partial charge >= 0.3 is 6.03 Å². The number of urea groups is 1. The van der Waals surface area contributed by atoms with Gasteiger partial charge in [-0.05, 0) is 12.3 Å². The Hall–Kier alpha value is -0.380. The molecule has 2 aliphatic heterocycles. The van der Waals surface area contributed by atoms with E-state index < -0.39 is 0 Å². The van der Waals surface area contributed by atoms with Crippen LogP contribution in [0.3, 0.4) is 0 Å². The Kier molecular flexibility index (Phi) is 4.00. The van der Waals surface area contributed by atoms with Crippen LogP contribution in [0, 0.1) is 5.92 Å². The van der Waals surface area contributed by atoms with Gasteiger partial charge in [-0.1, -0.05) is 33.1 Å². The maximum atomic E-state index is 11.2. The molecule has 2 fully saturated rings. The molecule has 0 bridgehead atoms. The minimum Gasteiger partial charge on any atom is -0.332 e. The highest BCUT2D eigenvalue weighted by molar-refractivity contribution is 8.00. The molecule has 0 spiro atoms. The van der Waals surface area contributed by atoms with Crippen LogP contribution in [0.5, 0.6) is 0 Å². The van der Waals surface area contributed by atoms with E-state index >= 15 is 0 Å². The third-order valence-corrected chi connectivity index (χ3v) is 4.97. The maximum absolute atomic E-state index is 11.2. The molecule has 2 heterocycles. The van der Waals surface area contributed by atoms with Crippen molar-refractivity contribution in [1.82, 2.24) is 10.6 Å². The molecule has 2 N–H and O–H groups in total. The van der Waals surface area contributed by atoms with Gasteiger partial charge in [0.15, 0.2) is 0 Å². The number of carbonyl (C=O) groups is 1. The Bertz CT molecular complexity index is 257. The fourth-order valence-corrected chi connectivity index (χ4v) is 4.08. The molecule has 4 heteroatoms. The Morgan fingerprint density at radius 2 is 2.19 bits per heavy atom. The summed E-state index contributed by atoms with van der Waals surface area (Å²) >= 11 is 2.02. The first-order chi connectivity index (χ1) is 7.66. The molecule has 2 amide bonds. The summed E-state index contributed by atoms with van der Waals surface area (Å²) in [6, 6.07) is 0.798. The predicted molar refractivity (Wildman–Crippen MR) is 68.8 cm³/mol. The van der Waals surface area contributed by atoms with Gasteiger partial charge in [0.2, 0.25) is 0 Å². The van der Waals surface area contributed by atoms with Crippen LogP contribution in [0.4, 0.5) is 4.79 Å². The molecule has 1 unspecified atom stereocenters. The zero-order chi connectivity index (χ0) is 11.5. The van der Waals surface area contributed by atoms with Gasteiger partial charge in [-0.15, -0.1) is 0 Å². The number of fused-ring (bicyclic) bond motifs is 1. The van der Waals surface area contributed by atoms with Crippen LogP contribution < -0.4 is 10.6 Å². The zero-order valence-corrected chi connectivity index (χ0v) is 11.0. The van der Waals surface area contributed by atoms with Gasteiger partial charge in [-0.25, -0.2) is 4.79 Å². The molecule has 2 rings (SSSR count). The van der Waals surface area contributed by atoms with Crippen molar-refractivity contribution < 1.29 is 4.79 Å². The highest BCUT2D eigenvalue weighted by Crippen LogP contribution is 2.33. The first-order valence-electron chi connectivity index (χ1n) is 6.35. The molecule has 3 nitrogen and oxygen atoms in total. The van der Waals surface area contributed by atoms with E-state index in [4.69, 9.17) is 0 Å². The van der Waals surface area contributed by atoms with E-state index in [2.05, 4.69) is 24.5 Å². The molecule has 0 saturated carbocycles. The summed E-state index contributed by atoms with van der Waals surface area (Å²) in [5.41, 5.74) is 0. The summed E-state index contributed by atoms with van der Waals surface area (Å²) in [4.78, 5) is 11.2. The lowest BCUT2D eigenvalue weighted by molar-refractivity contribution is 0.247. The second-order valence-corrected chi connectivity index (χ2v) is 6.57. The van der Waals surface area contributed by atoms with Crippen molar-refractivity contribution >= 4 is 17.8 Å². The molecule has 0 aromatic heterocycles. The average molecular weight is 242 g/mol. The van der Waals surface area contributed by atoms with E-state index in [0.717, 1.165) is 11.7 Å². The van der Waals surface area contributed by atoms with Crippen LogP contribution in [-0.2, 0) is 0 Å². The molecule has 2 saturated heterocycles. The minimum atomic E-state index is 0.0301. The number of hydrogen-bond acceptors (Lipinski definition) is 2. The molecular formula is C12H22N2OS. The normalized spacial score (nSPS) is 32.7. The summed E-state index contributed by atoms with van der Waals surface area (Å²) in [7, 11) is 0. The van der Waals surface area contributed by atoms with Crippen molar-refractivity contribution in [2.45, 2.75) is 56.9 Å². The monoisotopic (exact) mass is 242 g/mol. The summed E-state index contributed by atoms with van der Waals surface area (Å²) in [5.74, 6) is 1.90. The first-order valence-corrected chi connectivity index (χ1v) is 7.40. The van der Waals surface area contributed by atoms with Crippen LogP contribution >= 0.6 is 11.8 Å². The SMILES string of the molecule is CC(C)CCCCC1SC[C@H]2NC(=O)N[C@@H]12. The molecule has 3 atom stereocenters. The van der Waals surface area contributed by atoms with Gasteiger partial charge in [0.25, 0.3) is 0 Å². The molecule has 0 aromatic rings. The lowest BCUT2D eigenvalue weighted by atomic mass is 10.0. The third-order valence-electron chi connectivity index (χ3n) is 3.46. The van der Waals surface area contributed by atoms with Gasteiger partial charge < -0.3 is 10.6 Å². The lowest BCUT2D eigenvalue weighted by Gasteiger charge is -2.16. The number of unbranched alkanes of at least 4 members (excludes halogenated alkanes) is 1. The quantitative estimate of drug-likeness (QED) is 0.574. The highest BCUT2D eigenvalue weighted by atomic mass is 32.2. The topological polar surface area (TPSA) is 41.1 Å². The van der Waals surface area contributed by atoms with Gasteiger partial charge in [-0.3, -0.25) is 0 Å². The number of hydrogen-bond donors (Lipinski definition) is 2. The van der Waals surface area contributed by atoms with Crippen LogP contribution in [0.1, 0.15) is 39.5 Å². The lowest BCUT2D eigenvalue weighted by Crippen LogP contribution is -2.36. The minimum absolute atomic E-state index is 0.0301. The van der Waals surface area contributed by atoms with Crippen LogP contribution in [0.25, 0.3) is 0 Å². The van der Waals surface area contributed by atoms with E-state index in [1.54, 1.807) is 0 Å². The van der Waals surface area contributed by atoms with E-state index in [0.29, 0.717) is 17.3 Å². The third kappa shape index (κ3) is 2.84. The van der Waals surface area contributed by atoms with E-state index in [1.165, 1.54) is 25.7 Å². The first kappa shape index (κ1) is 12.1. The van der Waals surface area contributed by atoms with E-state index in [-0.39, 0.29) is 6.03 Å². The number of thioether (sulfide) groups is 1. The Morgan fingerprint density at radius 1 is 1.38 bits per heavy atom. The van der Waals surface area contributed by atoms with Gasteiger partial charge in [0, 0.05) is 11.0 Å². The van der Waals surface area contributed by atoms with E-state index in [9.17, 15) is 4.79 Å². The fraction of sp³-hybridized carbons (Fsp3) is 0.917. The number of amides is 2. The molecule has 92 valence electrons. The standard InChI is InChI=1S/C12H22N2OS/c1-8(2)5-3-4-6-10-11-9(7-16-10)13-12(15)14-11/h8-11H,3-7H2,1-2H3,(H2,13,14,15)/t9-,10?,11-/m1/s1. The summed E-state index contributed by atoms with van der Waals surface area (Å²) in [6.07, 6.45) is 5.21. The number of carbonyl (C=O) groups excluding carboxylic acids is 1. The summed E-state index contributed by atoms with van der Waals surface area (Å²) in [6.45, 7) is 4.56. The van der Waals surface area contributed by atoms with Gasteiger partial charge in [0.05, 0.1) is 12.1 Å². The molecule has 0 radical (unpaired) electrons. The van der Waals surface area contributed by atoms with Crippen LogP contribution in [0.2, 0.25) is 0 Å². The van der Waals surface area contributed by atoms with Crippen LogP contribution in [0.15, 0.2) is 0 Å². The molecular weight excluding hydrogens is 220 g/mol. The Morgan fingerprint density at radius 3 is 2.94 bits per heavy atom. The Balaban J connectivity index is 1.68. The molecule has 0 aliphatic carbocycles. The second-order valence-electron chi connectivity index (χ2n) is 5.30. The summed E-state index contributed by atoms with van der Waals surface area (Å²) < 4.78 is 0. The van der Waals surface area contributed by atoms with Crippen molar-refractivity contribution in [2.75, 3.05) is 5.75 Å². The predicted octanol–water partition coefficient (Wildman–Crippen LogP) is 2.37. The second kappa shape index (κ2) is 5.30. The molecule has 0 aromatic carbocycles. The van der Waals surface area contributed by atoms with Gasteiger partial charge in [0.1, 0.15) is 0 Å². The van der Waals surface area contributed by atoms with Crippen molar-refractivity contribution in [2.24, 2.45) is 5.92 Å². The van der Waals surface area contributed by atoms with Crippen molar-refractivity contribution in [3.05, 3.63) is 0 Å². The number of nitrogens with one attached hydrogen (secondary N) is 2. The smallest absolute Gasteiger partial charge is 0.315 e. The van der Waals surface area contributed by atoms with E-state index in [1.807, 2.05) is 11.8 Å². The van der Waals surface area contributed by atoms with Crippen molar-refractivity contribution in [3.8, 4) is 0 Å². The number of rotatable bonds is 5. The van der Waals surface area contributed by atoms with Gasteiger partial charge in [-0.2, -0.15) is 11.8 Å². The van der Waals surface area contributed by atoms with Crippen molar-refractivity contribution in [1.29, 1.82) is 0 Å². The Labute approximate surface area is 102 Å². The maximum Gasteiger partial charge on any atom is 0.315 e. The largest absolute Gasteiger partial charge is 0.332 e. The van der Waals surface area contributed by atoms with Crippen molar-refractivity contribution in [3.63, 3.8) is 0 Å². The molecule has 16 heavy (non-hydrogen) atoms. The fourth-order valence-electron chi connectivity index (χ4n) is 2.54. The zero-order valence-electron chi connectivity index (χ0n) is 10.2. The summed E-state index contributed by atoms with van der Waals surface area (Å²) in [5, 5.41) is 6.66.